The number of nitrogens with two attached hydrogens (primary N) is 4. The molecule has 0 spiro atoms. The monoisotopic (exact) mass is 1310 g/mol. The standard InChI is InChI=1S/C53H84N16O23/c1-23(58-26(4)75)43(82)63-33(18-39(56)78)48(87)61-30(7-5-6-16-54)45(84)59-24(2)44(83)65-34(19-70)49(88)64-32(17-27-8-10-28(76)11-9-27)47(86)62-31(12-14-38(55)77)46(85)66-35(20-71)50(89)67-36(21-72)51(90)68-37(22-73)52(91)69-41(25(3)74)53(92)60-29(42(57)81)13-15-40(79)80/h8-11,23-25,29-37,41,70-74,76H,5-7,12-22,54H2,1-4H3,(H2,55,77)(H2,56,78)(H2,57,81)(H,58,75)(H,59,84)(H,60,92)(H,61,87)(H,62,86)(H,63,82)(H,64,88)(H,65,83)(H,66,85)(H,67,89)(H,68,90)(H,69,91)(H,79,80)/t23-,24-,25+,29-,30-,31-,32-,33-,34-,35-,36-,37-,41-/m0/s1. The summed E-state index contributed by atoms with van der Waals surface area (Å²) < 4.78 is 0. The van der Waals surface area contributed by atoms with Crippen LogP contribution in [0, 0.1) is 0 Å². The first-order chi connectivity index (χ1) is 43.1. The molecule has 0 aliphatic heterocycles. The number of carbonyl (C=O) groups is 16. The van der Waals surface area contributed by atoms with Crippen molar-refractivity contribution in [2.24, 2.45) is 22.9 Å². The highest BCUT2D eigenvalue weighted by molar-refractivity contribution is 6.00. The van der Waals surface area contributed by atoms with Gasteiger partial charge in [0.15, 0.2) is 0 Å². The minimum Gasteiger partial charge on any atom is -0.508 e. The lowest BCUT2D eigenvalue weighted by Gasteiger charge is -2.27. The van der Waals surface area contributed by atoms with Crippen LogP contribution in [0.3, 0.4) is 0 Å². The van der Waals surface area contributed by atoms with Crippen molar-refractivity contribution in [1.82, 2.24) is 63.8 Å². The molecule has 39 nitrogen and oxygen atoms in total. The number of rotatable bonds is 43. The van der Waals surface area contributed by atoms with Gasteiger partial charge in [-0.05, 0) is 77.1 Å². The number of phenolic OH excluding ortho intramolecular Hbond substituents is 1. The van der Waals surface area contributed by atoms with E-state index in [1.807, 2.05) is 16.0 Å². The number of carbonyl (C=O) groups excluding carboxylic acids is 15. The molecule has 13 atom stereocenters. The van der Waals surface area contributed by atoms with Gasteiger partial charge in [-0.3, -0.25) is 76.7 Å². The molecule has 1 rings (SSSR count). The minimum atomic E-state index is -2.06. The fraction of sp³-hybridized carbons (Fsp3) is 0.585. The zero-order chi connectivity index (χ0) is 70.1. The molecule has 0 radical (unpaired) electrons. The molecule has 1 aromatic carbocycles. The van der Waals surface area contributed by atoms with Crippen molar-refractivity contribution in [3.8, 4) is 5.75 Å². The topological polar surface area (TPSA) is 663 Å². The molecule has 15 amide bonds. The second-order valence-electron chi connectivity index (χ2n) is 20.8. The number of aliphatic carboxylic acids is 1. The number of aliphatic hydroxyl groups excluding tert-OH is 5. The molecule has 39 heteroatoms. The molecular weight excluding hydrogens is 1230 g/mol. The summed E-state index contributed by atoms with van der Waals surface area (Å²) >= 11 is 0. The summed E-state index contributed by atoms with van der Waals surface area (Å²) in [6.45, 7) is -0.170. The maximum Gasteiger partial charge on any atom is 0.303 e. The fourth-order valence-electron chi connectivity index (χ4n) is 8.03. The number of nitrogens with one attached hydrogen (secondary N) is 12. The summed E-state index contributed by atoms with van der Waals surface area (Å²) in [5.41, 5.74) is 21.7. The third kappa shape index (κ3) is 29.3. The van der Waals surface area contributed by atoms with Crippen LogP contribution in [0.15, 0.2) is 24.3 Å². The van der Waals surface area contributed by atoms with Crippen molar-refractivity contribution >= 4 is 94.6 Å². The molecule has 0 bridgehead atoms. The Bertz CT molecular complexity index is 2780. The number of unbranched alkanes of at least 4 members (excludes halogenated alkanes) is 1. The van der Waals surface area contributed by atoms with Crippen LogP contribution in [0.1, 0.15) is 84.6 Å². The van der Waals surface area contributed by atoms with Gasteiger partial charge in [0, 0.05) is 26.2 Å². The van der Waals surface area contributed by atoms with Gasteiger partial charge >= 0.3 is 5.97 Å². The predicted octanol–water partition coefficient (Wildman–Crippen LogP) is -12.2. The fourth-order valence-corrected chi connectivity index (χ4v) is 8.03. The number of phenols is 1. The van der Waals surface area contributed by atoms with Crippen LogP contribution in [0.5, 0.6) is 5.75 Å². The predicted molar refractivity (Wildman–Crippen MR) is 313 cm³/mol. The number of primary amides is 3. The zero-order valence-corrected chi connectivity index (χ0v) is 50.7. The van der Waals surface area contributed by atoms with Gasteiger partial charge in [-0.1, -0.05) is 12.1 Å². The van der Waals surface area contributed by atoms with E-state index in [0.717, 1.165) is 20.8 Å². The van der Waals surface area contributed by atoms with Crippen molar-refractivity contribution in [2.45, 2.75) is 164 Å². The first kappa shape index (κ1) is 80.3. The van der Waals surface area contributed by atoms with E-state index < -0.39 is 238 Å². The van der Waals surface area contributed by atoms with E-state index in [1.54, 1.807) is 0 Å². The number of hydrogen-bond acceptors (Lipinski definition) is 23. The molecule has 0 fully saturated rings. The molecular formula is C53H84N16O23. The van der Waals surface area contributed by atoms with Gasteiger partial charge in [-0.25, -0.2) is 0 Å². The summed E-state index contributed by atoms with van der Waals surface area (Å²) in [6.07, 6.45) is -4.84. The van der Waals surface area contributed by atoms with Gasteiger partial charge < -0.3 is 122 Å². The highest BCUT2D eigenvalue weighted by atomic mass is 16.4. The van der Waals surface area contributed by atoms with Gasteiger partial charge in [0.05, 0.1) is 39.0 Å². The minimum absolute atomic E-state index is 0.103. The molecule has 0 heterocycles. The largest absolute Gasteiger partial charge is 0.508 e. The number of carboxylic acids is 1. The number of amides is 15. The number of carboxylic acid groups (broad SMARTS) is 1. The summed E-state index contributed by atoms with van der Waals surface area (Å²) in [6, 6.07) is -15.9. The van der Waals surface area contributed by atoms with Crippen molar-refractivity contribution in [3.05, 3.63) is 29.8 Å². The molecule has 0 aromatic heterocycles. The molecule has 27 N–H and O–H groups in total. The van der Waals surface area contributed by atoms with Crippen LogP contribution in [-0.4, -0.2) is 242 Å². The summed E-state index contributed by atoms with van der Waals surface area (Å²) in [5.74, 6) is -18.7. The van der Waals surface area contributed by atoms with Crippen LogP contribution in [-0.2, 0) is 83.1 Å². The Kier molecular flexibility index (Phi) is 35.6. The van der Waals surface area contributed by atoms with Crippen LogP contribution in [0.2, 0.25) is 0 Å². The summed E-state index contributed by atoms with van der Waals surface area (Å²) in [7, 11) is 0. The number of aliphatic hydroxyl groups is 5. The SMILES string of the molecule is CC(=O)N[C@@H](C)C(=O)N[C@@H](CC(N)=O)C(=O)N[C@@H](CCCCN)C(=O)N[C@@H](C)C(=O)N[C@@H](CO)C(=O)N[C@@H](Cc1ccc(O)cc1)C(=O)N[C@@H](CCC(N)=O)C(=O)N[C@@H](CO)C(=O)N[C@@H](CO)C(=O)N[C@@H](CO)C(=O)N[C@H](C(=O)N[C@@H](CCC(=O)O)C(N)=O)[C@@H](C)O. The highest BCUT2D eigenvalue weighted by Crippen LogP contribution is 2.13. The Morgan fingerprint density at radius 1 is 0.424 bits per heavy atom. The average Bonchev–Trinajstić information content (AvgIpc) is 2.65. The van der Waals surface area contributed by atoms with Crippen molar-refractivity contribution in [1.29, 1.82) is 0 Å². The van der Waals surface area contributed by atoms with Gasteiger partial charge in [0.1, 0.15) is 78.3 Å². The molecule has 0 aliphatic carbocycles. The molecule has 1 aromatic rings. The molecule has 0 saturated heterocycles. The summed E-state index contributed by atoms with van der Waals surface area (Å²) in [4.78, 5) is 206. The van der Waals surface area contributed by atoms with Crippen molar-refractivity contribution in [3.63, 3.8) is 0 Å². The number of hydrogen-bond donors (Lipinski definition) is 23. The summed E-state index contributed by atoms with van der Waals surface area (Å²) in [5, 5.41) is 95.9. The Labute approximate surface area is 525 Å². The van der Waals surface area contributed by atoms with E-state index in [1.165, 1.54) is 31.2 Å². The van der Waals surface area contributed by atoms with Crippen molar-refractivity contribution < 1.29 is 112 Å². The average molecular weight is 1310 g/mol. The van der Waals surface area contributed by atoms with E-state index in [2.05, 4.69) is 47.9 Å². The Balaban J connectivity index is 3.40. The molecule has 514 valence electrons. The lowest BCUT2D eigenvalue weighted by Crippen LogP contribution is -2.62. The van der Waals surface area contributed by atoms with E-state index in [-0.39, 0.29) is 30.7 Å². The second-order valence-corrected chi connectivity index (χ2v) is 20.8. The van der Waals surface area contributed by atoms with Crippen LogP contribution < -0.4 is 86.7 Å². The lowest BCUT2D eigenvalue weighted by molar-refractivity contribution is -0.139. The van der Waals surface area contributed by atoms with Crippen LogP contribution in [0.4, 0.5) is 0 Å². The van der Waals surface area contributed by atoms with E-state index in [0.29, 0.717) is 6.42 Å². The van der Waals surface area contributed by atoms with Gasteiger partial charge in [-0.2, -0.15) is 0 Å². The van der Waals surface area contributed by atoms with Crippen molar-refractivity contribution in [2.75, 3.05) is 33.0 Å². The maximum absolute atomic E-state index is 14.2. The lowest BCUT2D eigenvalue weighted by atomic mass is 10.0. The quantitative estimate of drug-likeness (QED) is 0.0270. The van der Waals surface area contributed by atoms with E-state index in [9.17, 15) is 107 Å². The van der Waals surface area contributed by atoms with Crippen LogP contribution >= 0.6 is 0 Å². The van der Waals surface area contributed by atoms with Gasteiger partial charge in [0.25, 0.3) is 0 Å². The Morgan fingerprint density at radius 2 is 0.793 bits per heavy atom. The van der Waals surface area contributed by atoms with Gasteiger partial charge in [-0.15, -0.1) is 0 Å². The zero-order valence-electron chi connectivity index (χ0n) is 50.7. The molecule has 92 heavy (non-hydrogen) atoms. The van der Waals surface area contributed by atoms with Gasteiger partial charge in [0.2, 0.25) is 88.6 Å². The molecule has 0 unspecified atom stereocenters. The maximum atomic E-state index is 14.2. The van der Waals surface area contributed by atoms with E-state index >= 15 is 0 Å². The third-order valence-corrected chi connectivity index (χ3v) is 13.1. The number of benzene rings is 1. The second kappa shape index (κ2) is 40.8. The molecule has 0 aliphatic rings. The first-order valence-corrected chi connectivity index (χ1v) is 28.4. The first-order valence-electron chi connectivity index (χ1n) is 28.4. The smallest absolute Gasteiger partial charge is 0.303 e. The Morgan fingerprint density at radius 3 is 1.22 bits per heavy atom. The Hall–Kier alpha value is -9.70. The number of aromatic hydroxyl groups is 1. The highest BCUT2D eigenvalue weighted by Gasteiger charge is 2.37. The molecule has 0 saturated carbocycles. The van der Waals surface area contributed by atoms with Crippen LogP contribution in [0.25, 0.3) is 0 Å². The normalized spacial score (nSPS) is 15.2. The van der Waals surface area contributed by atoms with E-state index in [4.69, 9.17) is 28.0 Å². The third-order valence-electron chi connectivity index (χ3n) is 13.1.